The molecular formula is C18H21N3O2. The molecule has 0 aliphatic carbocycles. The summed E-state index contributed by atoms with van der Waals surface area (Å²) in [4.78, 5) is 10.2. The number of aliphatic imine (C=N–C) groups is 1. The molecule has 1 heterocycles. The maximum atomic E-state index is 5.33. The number of nitrogens with zero attached hydrogens (tertiary/aromatic N) is 3. The molecule has 0 aliphatic rings. The van der Waals surface area contributed by atoms with Crippen LogP contribution in [0.3, 0.4) is 0 Å². The van der Waals surface area contributed by atoms with Crippen molar-refractivity contribution < 1.29 is 9.47 Å². The summed E-state index contributed by atoms with van der Waals surface area (Å²) in [6.45, 7) is 4.17. The van der Waals surface area contributed by atoms with Gasteiger partial charge in [-0.15, -0.1) is 0 Å². The third-order valence-electron chi connectivity index (χ3n) is 3.36. The van der Waals surface area contributed by atoms with Gasteiger partial charge in [-0.25, -0.2) is 0 Å². The van der Waals surface area contributed by atoms with Crippen LogP contribution in [0.25, 0.3) is 11.3 Å². The number of aromatic nitrogens is 1. The predicted molar refractivity (Wildman–Crippen MR) is 92.9 cm³/mol. The molecule has 0 radical (unpaired) electrons. The predicted octanol–water partition coefficient (Wildman–Crippen LogP) is 3.37. The van der Waals surface area contributed by atoms with Crippen LogP contribution in [-0.2, 0) is 6.54 Å². The Kier molecular flexibility index (Phi) is 5.74. The van der Waals surface area contributed by atoms with E-state index >= 15 is 0 Å². The standard InChI is InChI=1S/C18H21N3O2/c1-19-9-10-21(2)13-14-5-7-16(20-12-14)15-6-8-17(22-3)18(11-15)23-4/h5-12H,1,13H2,2-4H3/b10-9-. The van der Waals surface area contributed by atoms with Crippen molar-refractivity contribution in [2.24, 2.45) is 4.99 Å². The van der Waals surface area contributed by atoms with E-state index in [-0.39, 0.29) is 0 Å². The topological polar surface area (TPSA) is 47.0 Å². The highest BCUT2D eigenvalue weighted by Gasteiger charge is 2.07. The monoisotopic (exact) mass is 311 g/mol. The third kappa shape index (κ3) is 4.32. The summed E-state index contributed by atoms with van der Waals surface area (Å²) in [5.74, 6) is 1.40. The lowest BCUT2D eigenvalue weighted by Crippen LogP contribution is -2.09. The van der Waals surface area contributed by atoms with Crippen LogP contribution in [0, 0.1) is 0 Å². The van der Waals surface area contributed by atoms with Crippen molar-refractivity contribution in [2.45, 2.75) is 6.54 Å². The highest BCUT2D eigenvalue weighted by molar-refractivity contribution is 5.64. The van der Waals surface area contributed by atoms with Crippen molar-refractivity contribution in [3.05, 3.63) is 54.5 Å². The van der Waals surface area contributed by atoms with Gasteiger partial charge in [0.25, 0.3) is 0 Å². The zero-order chi connectivity index (χ0) is 16.7. The highest BCUT2D eigenvalue weighted by Crippen LogP contribution is 2.31. The van der Waals surface area contributed by atoms with E-state index in [2.05, 4.69) is 22.8 Å². The van der Waals surface area contributed by atoms with E-state index in [0.717, 1.165) is 23.4 Å². The molecule has 5 heteroatoms. The molecule has 0 saturated carbocycles. The Morgan fingerprint density at radius 2 is 1.96 bits per heavy atom. The van der Waals surface area contributed by atoms with Gasteiger partial charge >= 0.3 is 0 Å². The Labute approximate surface area is 136 Å². The van der Waals surface area contributed by atoms with Crippen LogP contribution in [0.15, 0.2) is 53.9 Å². The van der Waals surface area contributed by atoms with Gasteiger partial charge in [0, 0.05) is 37.8 Å². The van der Waals surface area contributed by atoms with Gasteiger partial charge in [0.15, 0.2) is 11.5 Å². The average molecular weight is 311 g/mol. The third-order valence-corrected chi connectivity index (χ3v) is 3.36. The molecule has 0 N–H and O–H groups in total. The first-order valence-electron chi connectivity index (χ1n) is 7.18. The summed E-state index contributed by atoms with van der Waals surface area (Å²) in [6.07, 6.45) is 5.40. The number of rotatable bonds is 7. The smallest absolute Gasteiger partial charge is 0.161 e. The number of benzene rings is 1. The first-order chi connectivity index (χ1) is 11.2. The van der Waals surface area contributed by atoms with Crippen LogP contribution in [0.1, 0.15) is 5.56 Å². The second-order valence-electron chi connectivity index (χ2n) is 5.02. The minimum atomic E-state index is 0.692. The normalized spacial score (nSPS) is 10.6. The zero-order valence-electron chi connectivity index (χ0n) is 13.7. The van der Waals surface area contributed by atoms with Crippen molar-refractivity contribution in [2.75, 3.05) is 21.3 Å². The maximum absolute atomic E-state index is 5.33. The molecule has 5 nitrogen and oxygen atoms in total. The lowest BCUT2D eigenvalue weighted by atomic mass is 10.1. The molecular weight excluding hydrogens is 290 g/mol. The van der Waals surface area contributed by atoms with Crippen molar-refractivity contribution in [3.63, 3.8) is 0 Å². The van der Waals surface area contributed by atoms with Crippen molar-refractivity contribution in [1.29, 1.82) is 0 Å². The van der Waals surface area contributed by atoms with Gasteiger partial charge in [-0.1, -0.05) is 6.07 Å². The van der Waals surface area contributed by atoms with Gasteiger partial charge in [0.1, 0.15) is 0 Å². The molecule has 0 aliphatic heterocycles. The van der Waals surface area contributed by atoms with Gasteiger partial charge in [0.05, 0.1) is 19.9 Å². The molecule has 1 aromatic carbocycles. The summed E-state index contributed by atoms with van der Waals surface area (Å²) in [5.41, 5.74) is 2.99. The van der Waals surface area contributed by atoms with Gasteiger partial charge in [-0.2, -0.15) is 0 Å². The van der Waals surface area contributed by atoms with Crippen LogP contribution >= 0.6 is 0 Å². The zero-order valence-corrected chi connectivity index (χ0v) is 13.7. The molecule has 23 heavy (non-hydrogen) atoms. The molecule has 0 unspecified atom stereocenters. The van der Waals surface area contributed by atoms with Crippen molar-refractivity contribution in [1.82, 2.24) is 9.88 Å². The lowest BCUT2D eigenvalue weighted by Gasteiger charge is -2.13. The Balaban J connectivity index is 2.16. The Morgan fingerprint density at radius 1 is 1.17 bits per heavy atom. The number of pyridine rings is 1. The Hall–Kier alpha value is -2.82. The van der Waals surface area contributed by atoms with E-state index in [1.807, 2.05) is 48.6 Å². The molecule has 2 aromatic rings. The van der Waals surface area contributed by atoms with Crippen LogP contribution in [0.5, 0.6) is 11.5 Å². The van der Waals surface area contributed by atoms with Gasteiger partial charge in [-0.05, 0) is 36.5 Å². The fourth-order valence-corrected chi connectivity index (χ4v) is 2.19. The molecule has 0 bridgehead atoms. The van der Waals surface area contributed by atoms with E-state index in [0.29, 0.717) is 11.5 Å². The average Bonchev–Trinajstić information content (AvgIpc) is 2.60. The van der Waals surface area contributed by atoms with E-state index in [1.54, 1.807) is 20.4 Å². The van der Waals surface area contributed by atoms with Gasteiger partial charge < -0.3 is 14.4 Å². The minimum Gasteiger partial charge on any atom is -0.493 e. The molecule has 0 saturated heterocycles. The summed E-state index contributed by atoms with van der Waals surface area (Å²) >= 11 is 0. The summed E-state index contributed by atoms with van der Waals surface area (Å²) < 4.78 is 10.6. The maximum Gasteiger partial charge on any atom is 0.161 e. The summed E-state index contributed by atoms with van der Waals surface area (Å²) in [7, 11) is 5.22. The van der Waals surface area contributed by atoms with E-state index in [4.69, 9.17) is 9.47 Å². The lowest BCUT2D eigenvalue weighted by molar-refractivity contribution is 0.355. The van der Waals surface area contributed by atoms with E-state index in [1.165, 1.54) is 0 Å². The Morgan fingerprint density at radius 3 is 2.57 bits per heavy atom. The largest absolute Gasteiger partial charge is 0.493 e. The molecule has 0 amide bonds. The van der Waals surface area contributed by atoms with Crippen LogP contribution in [0.4, 0.5) is 0 Å². The SMILES string of the molecule is C=N/C=C\N(C)Cc1ccc(-c2ccc(OC)c(OC)c2)nc1. The molecule has 0 spiro atoms. The van der Waals surface area contributed by atoms with E-state index < -0.39 is 0 Å². The fraction of sp³-hybridized carbons (Fsp3) is 0.222. The summed E-state index contributed by atoms with van der Waals surface area (Å²) in [5, 5.41) is 0. The fourth-order valence-electron chi connectivity index (χ4n) is 2.19. The molecule has 120 valence electrons. The molecule has 2 rings (SSSR count). The van der Waals surface area contributed by atoms with Gasteiger partial charge in [-0.3, -0.25) is 9.98 Å². The second-order valence-corrected chi connectivity index (χ2v) is 5.02. The summed E-state index contributed by atoms with van der Waals surface area (Å²) in [6, 6.07) is 9.83. The minimum absolute atomic E-state index is 0.692. The first-order valence-corrected chi connectivity index (χ1v) is 7.18. The first kappa shape index (κ1) is 16.5. The van der Waals surface area contributed by atoms with Gasteiger partial charge in [0.2, 0.25) is 0 Å². The number of methoxy groups -OCH3 is 2. The van der Waals surface area contributed by atoms with Crippen molar-refractivity contribution >= 4 is 6.72 Å². The number of ether oxygens (including phenoxy) is 2. The number of hydrogen-bond donors (Lipinski definition) is 0. The highest BCUT2D eigenvalue weighted by atomic mass is 16.5. The van der Waals surface area contributed by atoms with Crippen LogP contribution in [0.2, 0.25) is 0 Å². The van der Waals surface area contributed by atoms with Crippen molar-refractivity contribution in [3.8, 4) is 22.8 Å². The Bertz CT molecular complexity index is 681. The van der Waals surface area contributed by atoms with Crippen LogP contribution in [-0.4, -0.2) is 37.9 Å². The second kappa shape index (κ2) is 7.98. The van der Waals surface area contributed by atoms with Crippen LogP contribution < -0.4 is 9.47 Å². The molecule has 0 atom stereocenters. The van der Waals surface area contributed by atoms with E-state index in [9.17, 15) is 0 Å². The number of hydrogen-bond acceptors (Lipinski definition) is 5. The molecule has 0 fully saturated rings. The molecule has 1 aromatic heterocycles. The quantitative estimate of drug-likeness (QED) is 0.736.